The molecule has 1 aromatic rings. The molecule has 0 fully saturated rings. The average Bonchev–Trinajstić information content (AvgIpc) is 2.44. The van der Waals surface area contributed by atoms with Crippen LogP contribution in [0.15, 0.2) is 52.3 Å². The SMILES string of the molecule is Cc1ccc(S(=O)(=O)C2(O)CC(C(=O)O)=CC([O-])=C2O)cc1. The van der Waals surface area contributed by atoms with Gasteiger partial charge >= 0.3 is 5.97 Å². The Morgan fingerprint density at radius 2 is 1.82 bits per heavy atom. The van der Waals surface area contributed by atoms with Gasteiger partial charge in [0.25, 0.3) is 0 Å². The van der Waals surface area contributed by atoms with Crippen LogP contribution >= 0.6 is 0 Å². The molecule has 22 heavy (non-hydrogen) atoms. The smallest absolute Gasteiger partial charge is 0.331 e. The average molecular weight is 325 g/mol. The molecular weight excluding hydrogens is 312 g/mol. The lowest BCUT2D eigenvalue weighted by molar-refractivity contribution is -0.302. The van der Waals surface area contributed by atoms with Crippen molar-refractivity contribution in [3.63, 3.8) is 0 Å². The number of sulfone groups is 1. The first-order valence-electron chi connectivity index (χ1n) is 6.18. The van der Waals surface area contributed by atoms with Crippen LogP contribution < -0.4 is 5.11 Å². The molecule has 1 aliphatic carbocycles. The van der Waals surface area contributed by atoms with E-state index in [0.29, 0.717) is 6.08 Å². The molecule has 3 N–H and O–H groups in total. The van der Waals surface area contributed by atoms with E-state index in [2.05, 4.69) is 0 Å². The van der Waals surface area contributed by atoms with Crippen LogP contribution in [-0.4, -0.2) is 34.6 Å². The number of aliphatic hydroxyl groups excluding tert-OH is 1. The van der Waals surface area contributed by atoms with Crippen LogP contribution in [0.1, 0.15) is 12.0 Å². The molecular formula is C14H13O7S-. The maximum Gasteiger partial charge on any atom is 0.331 e. The highest BCUT2D eigenvalue weighted by molar-refractivity contribution is 7.92. The Bertz CT molecular complexity index is 787. The summed E-state index contributed by atoms with van der Waals surface area (Å²) in [7, 11) is -4.58. The fourth-order valence-corrected chi connectivity index (χ4v) is 3.67. The number of carboxylic acid groups (broad SMARTS) is 1. The van der Waals surface area contributed by atoms with E-state index in [1.165, 1.54) is 24.3 Å². The first kappa shape index (κ1) is 16.1. The number of carbonyl (C=O) groups is 1. The summed E-state index contributed by atoms with van der Waals surface area (Å²) in [5, 5.41) is 40.7. The highest BCUT2D eigenvalue weighted by atomic mass is 32.2. The fourth-order valence-electron chi connectivity index (χ4n) is 2.08. The van der Waals surface area contributed by atoms with Gasteiger partial charge in [-0.15, -0.1) is 0 Å². The molecule has 1 atom stereocenters. The molecule has 1 aliphatic rings. The number of rotatable bonds is 3. The number of hydrogen-bond acceptors (Lipinski definition) is 6. The highest BCUT2D eigenvalue weighted by Crippen LogP contribution is 2.38. The maximum absolute atomic E-state index is 12.5. The van der Waals surface area contributed by atoms with Gasteiger partial charge in [0.05, 0.1) is 4.90 Å². The standard InChI is InChI=1S/C14H14O7S/c1-8-2-4-10(5-3-8)22(20,21)14(19)7-9(13(17)18)6-11(15)12(14)16/h2-6,15-16,19H,7H2,1H3,(H,17,18)/p-1. The molecule has 0 aliphatic heterocycles. The zero-order chi connectivity index (χ0) is 16.7. The largest absolute Gasteiger partial charge is 0.870 e. The number of hydrogen-bond donors (Lipinski definition) is 3. The molecule has 0 radical (unpaired) electrons. The second-order valence-corrected chi connectivity index (χ2v) is 7.12. The van der Waals surface area contributed by atoms with E-state index in [0.717, 1.165) is 5.56 Å². The van der Waals surface area contributed by atoms with Gasteiger partial charge in [0.15, 0.2) is 0 Å². The lowest BCUT2D eigenvalue weighted by Crippen LogP contribution is -2.45. The third-order valence-electron chi connectivity index (χ3n) is 3.39. The highest BCUT2D eigenvalue weighted by Gasteiger charge is 2.50. The van der Waals surface area contributed by atoms with Gasteiger partial charge in [-0.1, -0.05) is 29.5 Å². The van der Waals surface area contributed by atoms with Gasteiger partial charge in [-0.05, 0) is 19.1 Å². The van der Waals surface area contributed by atoms with Gasteiger partial charge in [0.1, 0.15) is 5.76 Å². The van der Waals surface area contributed by atoms with E-state index in [4.69, 9.17) is 5.11 Å². The Morgan fingerprint density at radius 1 is 1.27 bits per heavy atom. The van der Waals surface area contributed by atoms with Crippen molar-refractivity contribution >= 4 is 15.8 Å². The second kappa shape index (κ2) is 5.15. The lowest BCUT2D eigenvalue weighted by atomic mass is 9.99. The minimum absolute atomic E-state index is 0.327. The van der Waals surface area contributed by atoms with Crippen LogP contribution in [0.25, 0.3) is 0 Å². The molecule has 0 heterocycles. The zero-order valence-electron chi connectivity index (χ0n) is 11.5. The quantitative estimate of drug-likeness (QED) is 0.712. The van der Waals surface area contributed by atoms with Gasteiger partial charge in [-0.25, -0.2) is 13.2 Å². The molecule has 0 saturated carbocycles. The monoisotopic (exact) mass is 325 g/mol. The van der Waals surface area contributed by atoms with Crippen LogP contribution in [0.5, 0.6) is 0 Å². The number of carboxylic acids is 1. The van der Waals surface area contributed by atoms with Gasteiger partial charge in [-0.3, -0.25) is 0 Å². The number of aryl methyl sites for hydroxylation is 1. The van der Waals surface area contributed by atoms with Gasteiger partial charge in [-0.2, -0.15) is 0 Å². The number of aliphatic carboxylic acids is 1. The molecule has 0 saturated heterocycles. The summed E-state index contributed by atoms with van der Waals surface area (Å²) >= 11 is 0. The summed E-state index contributed by atoms with van der Waals surface area (Å²) in [4.78, 5) is 7.66. The molecule has 8 heteroatoms. The predicted molar refractivity (Wildman–Crippen MR) is 73.3 cm³/mol. The Balaban J connectivity index is 2.61. The van der Waals surface area contributed by atoms with Gasteiger partial charge < -0.3 is 20.4 Å². The molecule has 7 nitrogen and oxygen atoms in total. The summed E-state index contributed by atoms with van der Waals surface area (Å²) < 4.78 is 25.1. The van der Waals surface area contributed by atoms with E-state index in [1.807, 2.05) is 0 Å². The van der Waals surface area contributed by atoms with Crippen LogP contribution in [-0.2, 0) is 14.6 Å². The van der Waals surface area contributed by atoms with Crippen molar-refractivity contribution in [3.8, 4) is 0 Å². The third kappa shape index (κ3) is 2.36. The van der Waals surface area contributed by atoms with Gasteiger partial charge in [0, 0.05) is 12.0 Å². The van der Waals surface area contributed by atoms with Crippen molar-refractivity contribution in [2.75, 3.05) is 0 Å². The van der Waals surface area contributed by atoms with E-state index < -0.39 is 44.3 Å². The van der Waals surface area contributed by atoms with E-state index in [9.17, 15) is 28.5 Å². The Kier molecular flexibility index (Phi) is 3.76. The van der Waals surface area contributed by atoms with Crippen molar-refractivity contribution < 1.29 is 33.6 Å². The van der Waals surface area contributed by atoms with Crippen LogP contribution in [0, 0.1) is 6.92 Å². The van der Waals surface area contributed by atoms with Crippen molar-refractivity contribution in [2.45, 2.75) is 23.2 Å². The first-order chi connectivity index (χ1) is 10.1. The predicted octanol–water partition coefficient (Wildman–Crippen LogP) is 0.00192. The molecule has 0 spiro atoms. The molecule has 0 aromatic heterocycles. The van der Waals surface area contributed by atoms with Crippen LogP contribution in [0.3, 0.4) is 0 Å². The number of allylic oxidation sites excluding steroid dienone is 1. The number of aliphatic hydroxyl groups is 2. The van der Waals surface area contributed by atoms with Crippen molar-refractivity contribution in [1.29, 1.82) is 0 Å². The Morgan fingerprint density at radius 3 is 2.32 bits per heavy atom. The molecule has 0 amide bonds. The fraction of sp³-hybridized carbons (Fsp3) is 0.214. The van der Waals surface area contributed by atoms with E-state index in [1.54, 1.807) is 6.92 Å². The van der Waals surface area contributed by atoms with Gasteiger partial charge in [0.2, 0.25) is 14.8 Å². The molecule has 118 valence electrons. The normalized spacial score (nSPS) is 22.4. The third-order valence-corrected chi connectivity index (χ3v) is 5.51. The minimum Gasteiger partial charge on any atom is -0.870 e. The molecule has 1 unspecified atom stereocenters. The van der Waals surface area contributed by atoms with E-state index >= 15 is 0 Å². The maximum atomic E-state index is 12.5. The van der Waals surface area contributed by atoms with E-state index in [-0.39, 0.29) is 4.90 Å². The zero-order valence-corrected chi connectivity index (χ0v) is 12.3. The summed E-state index contributed by atoms with van der Waals surface area (Å²) in [5.41, 5.74) is 0.172. The summed E-state index contributed by atoms with van der Waals surface area (Å²) in [6.45, 7) is 1.73. The molecule has 0 bridgehead atoms. The number of benzene rings is 1. The minimum atomic E-state index is -4.58. The summed E-state index contributed by atoms with van der Waals surface area (Å²) in [5.74, 6) is -4.10. The Hall–Kier alpha value is -2.32. The van der Waals surface area contributed by atoms with Crippen molar-refractivity contribution in [1.82, 2.24) is 0 Å². The van der Waals surface area contributed by atoms with Crippen molar-refractivity contribution in [3.05, 3.63) is 53.0 Å². The van der Waals surface area contributed by atoms with Crippen LogP contribution in [0.4, 0.5) is 0 Å². The van der Waals surface area contributed by atoms with Crippen molar-refractivity contribution in [2.24, 2.45) is 0 Å². The topological polar surface area (TPSA) is 135 Å². The summed E-state index contributed by atoms with van der Waals surface area (Å²) in [6, 6.07) is 5.37. The Labute approximate surface area is 126 Å². The molecule has 1 aromatic carbocycles. The van der Waals surface area contributed by atoms with Crippen LogP contribution in [0.2, 0.25) is 0 Å². The first-order valence-corrected chi connectivity index (χ1v) is 7.66. The lowest BCUT2D eigenvalue weighted by Gasteiger charge is -2.33. The molecule has 2 rings (SSSR count). The summed E-state index contributed by atoms with van der Waals surface area (Å²) in [6.07, 6.45) is -0.326. The second-order valence-electron chi connectivity index (χ2n) is 4.97.